The molecule has 3 heterocycles. The molecule has 2 atom stereocenters. The van der Waals surface area contributed by atoms with Crippen LogP contribution in [0.1, 0.15) is 65.7 Å². The number of hydrogen-bond acceptors (Lipinski definition) is 3. The van der Waals surface area contributed by atoms with Crippen LogP contribution in [0.5, 0.6) is 0 Å². The Kier molecular flexibility index (Phi) is 3.65. The van der Waals surface area contributed by atoms with E-state index in [0.717, 1.165) is 19.4 Å². The SMILES string of the molecule is CCCC12COC(C3CCCCC3)(OC1C)OC2C. The Hall–Kier alpha value is -0.120. The first-order chi connectivity index (χ1) is 9.13. The smallest absolute Gasteiger partial charge is 0.286 e. The summed E-state index contributed by atoms with van der Waals surface area (Å²) in [6.07, 6.45) is 9.03. The summed E-state index contributed by atoms with van der Waals surface area (Å²) in [7, 11) is 0. The van der Waals surface area contributed by atoms with E-state index in [4.69, 9.17) is 14.2 Å². The monoisotopic (exact) mass is 268 g/mol. The van der Waals surface area contributed by atoms with Gasteiger partial charge in [0, 0.05) is 11.3 Å². The highest BCUT2D eigenvalue weighted by molar-refractivity contribution is 5.00. The maximum atomic E-state index is 6.29. The van der Waals surface area contributed by atoms with Crippen molar-refractivity contribution in [1.29, 1.82) is 0 Å². The van der Waals surface area contributed by atoms with E-state index >= 15 is 0 Å². The molecule has 4 fully saturated rings. The van der Waals surface area contributed by atoms with Crippen LogP contribution in [0, 0.1) is 11.3 Å². The van der Waals surface area contributed by atoms with Crippen LogP contribution in [0.3, 0.4) is 0 Å². The fourth-order valence-electron chi connectivity index (χ4n) is 4.33. The summed E-state index contributed by atoms with van der Waals surface area (Å²) < 4.78 is 18.7. The molecule has 0 aromatic rings. The minimum absolute atomic E-state index is 0.0607. The summed E-state index contributed by atoms with van der Waals surface area (Å²) >= 11 is 0. The van der Waals surface area contributed by atoms with Crippen LogP contribution in [-0.2, 0) is 14.2 Å². The van der Waals surface area contributed by atoms with Crippen molar-refractivity contribution in [3.05, 3.63) is 0 Å². The Morgan fingerprint density at radius 1 is 1.00 bits per heavy atom. The van der Waals surface area contributed by atoms with Gasteiger partial charge in [0.15, 0.2) is 0 Å². The van der Waals surface area contributed by atoms with Gasteiger partial charge in [0.05, 0.1) is 18.8 Å². The molecule has 0 N–H and O–H groups in total. The number of ether oxygens (including phenoxy) is 3. The molecule has 2 bridgehead atoms. The zero-order valence-electron chi connectivity index (χ0n) is 12.6. The molecule has 3 heteroatoms. The number of fused-ring (bicyclic) bond motifs is 3. The third kappa shape index (κ3) is 2.05. The largest absolute Gasteiger partial charge is 0.326 e. The van der Waals surface area contributed by atoms with Crippen LogP contribution >= 0.6 is 0 Å². The zero-order chi connectivity index (χ0) is 13.5. The van der Waals surface area contributed by atoms with Crippen molar-refractivity contribution < 1.29 is 14.2 Å². The average molecular weight is 268 g/mol. The van der Waals surface area contributed by atoms with Crippen LogP contribution in [0.15, 0.2) is 0 Å². The predicted octanol–water partition coefficient (Wildman–Crippen LogP) is 3.86. The second-order valence-corrected chi connectivity index (χ2v) is 6.73. The van der Waals surface area contributed by atoms with Gasteiger partial charge < -0.3 is 14.2 Å². The Bertz CT molecular complexity index is 310. The molecule has 4 rings (SSSR count). The third-order valence-corrected chi connectivity index (χ3v) is 5.66. The second kappa shape index (κ2) is 5.01. The Morgan fingerprint density at radius 2 is 1.63 bits per heavy atom. The van der Waals surface area contributed by atoms with E-state index in [9.17, 15) is 0 Å². The molecule has 3 nitrogen and oxygen atoms in total. The maximum Gasteiger partial charge on any atom is 0.286 e. The van der Waals surface area contributed by atoms with Gasteiger partial charge in [0.25, 0.3) is 5.97 Å². The molecule has 110 valence electrons. The fourth-order valence-corrected chi connectivity index (χ4v) is 4.33. The molecule has 0 spiro atoms. The lowest BCUT2D eigenvalue weighted by atomic mass is 9.72. The van der Waals surface area contributed by atoms with Gasteiger partial charge in [-0.25, -0.2) is 0 Å². The van der Waals surface area contributed by atoms with Crippen molar-refractivity contribution in [1.82, 2.24) is 0 Å². The molecule has 0 aromatic carbocycles. The third-order valence-electron chi connectivity index (χ3n) is 5.66. The first-order valence-electron chi connectivity index (χ1n) is 8.12. The Labute approximate surface area is 117 Å². The van der Waals surface area contributed by atoms with Crippen molar-refractivity contribution in [3.8, 4) is 0 Å². The molecule has 3 aliphatic heterocycles. The highest BCUT2D eigenvalue weighted by Gasteiger charge is 2.62. The molecule has 4 aliphatic rings. The van der Waals surface area contributed by atoms with E-state index in [0.29, 0.717) is 5.92 Å². The van der Waals surface area contributed by atoms with Gasteiger partial charge >= 0.3 is 0 Å². The van der Waals surface area contributed by atoms with E-state index in [1.54, 1.807) is 0 Å². The van der Waals surface area contributed by atoms with Crippen LogP contribution in [0.2, 0.25) is 0 Å². The van der Waals surface area contributed by atoms with Gasteiger partial charge in [-0.3, -0.25) is 0 Å². The van der Waals surface area contributed by atoms with Crippen molar-refractivity contribution in [2.24, 2.45) is 11.3 Å². The quantitative estimate of drug-likeness (QED) is 0.778. The van der Waals surface area contributed by atoms with E-state index in [1.165, 1.54) is 32.1 Å². The molecule has 0 radical (unpaired) electrons. The van der Waals surface area contributed by atoms with Crippen molar-refractivity contribution >= 4 is 0 Å². The van der Waals surface area contributed by atoms with Crippen molar-refractivity contribution in [2.75, 3.05) is 6.61 Å². The van der Waals surface area contributed by atoms with Gasteiger partial charge in [-0.05, 0) is 33.1 Å². The number of hydrogen-bond donors (Lipinski definition) is 0. The first kappa shape index (κ1) is 13.8. The summed E-state index contributed by atoms with van der Waals surface area (Å²) in [4.78, 5) is 0. The van der Waals surface area contributed by atoms with Crippen molar-refractivity contribution in [2.45, 2.75) is 83.9 Å². The van der Waals surface area contributed by atoms with Gasteiger partial charge in [-0.15, -0.1) is 0 Å². The molecule has 0 aromatic heterocycles. The van der Waals surface area contributed by atoms with Crippen LogP contribution in [0.25, 0.3) is 0 Å². The molecule has 2 unspecified atom stereocenters. The van der Waals surface area contributed by atoms with Crippen LogP contribution < -0.4 is 0 Å². The highest BCUT2D eigenvalue weighted by atomic mass is 16.9. The molecular formula is C16H28O3. The first-order valence-corrected chi connectivity index (χ1v) is 8.12. The summed E-state index contributed by atoms with van der Waals surface area (Å²) in [6.45, 7) is 7.47. The van der Waals surface area contributed by atoms with E-state index < -0.39 is 5.97 Å². The topological polar surface area (TPSA) is 27.7 Å². The standard InChI is InChI=1S/C16H28O3/c1-4-10-15-11-17-16(18-12(15)2,19-13(15)3)14-8-6-5-7-9-14/h12-14H,4-11H2,1-3H3. The number of rotatable bonds is 3. The predicted molar refractivity (Wildman–Crippen MR) is 73.7 cm³/mol. The zero-order valence-corrected chi connectivity index (χ0v) is 12.6. The maximum absolute atomic E-state index is 6.29. The Balaban J connectivity index is 1.81. The minimum atomic E-state index is -0.727. The summed E-state index contributed by atoms with van der Waals surface area (Å²) in [5.74, 6) is -0.305. The fraction of sp³-hybridized carbons (Fsp3) is 1.00. The highest BCUT2D eigenvalue weighted by Crippen LogP contribution is 2.53. The molecule has 1 aliphatic carbocycles. The summed E-state index contributed by atoms with van der Waals surface area (Å²) in [5, 5.41) is 0. The summed E-state index contributed by atoms with van der Waals surface area (Å²) in [5.41, 5.74) is 0.0607. The molecule has 1 saturated carbocycles. The molecule has 3 saturated heterocycles. The lowest BCUT2D eigenvalue weighted by Gasteiger charge is -2.61. The van der Waals surface area contributed by atoms with E-state index in [2.05, 4.69) is 20.8 Å². The lowest BCUT2D eigenvalue weighted by molar-refractivity contribution is -0.521. The van der Waals surface area contributed by atoms with E-state index in [-0.39, 0.29) is 17.6 Å². The molecule has 0 amide bonds. The van der Waals surface area contributed by atoms with Gasteiger partial charge in [-0.1, -0.05) is 32.6 Å². The van der Waals surface area contributed by atoms with Crippen molar-refractivity contribution in [3.63, 3.8) is 0 Å². The summed E-state index contributed by atoms with van der Waals surface area (Å²) in [6, 6.07) is 0. The van der Waals surface area contributed by atoms with Crippen LogP contribution in [-0.4, -0.2) is 24.8 Å². The van der Waals surface area contributed by atoms with Gasteiger partial charge in [-0.2, -0.15) is 0 Å². The van der Waals surface area contributed by atoms with Gasteiger partial charge in [0.2, 0.25) is 0 Å². The normalized spacial score (nSPS) is 47.5. The minimum Gasteiger partial charge on any atom is -0.326 e. The lowest BCUT2D eigenvalue weighted by Crippen LogP contribution is -2.69. The molecule has 19 heavy (non-hydrogen) atoms. The Morgan fingerprint density at radius 3 is 2.16 bits per heavy atom. The van der Waals surface area contributed by atoms with Gasteiger partial charge in [0.1, 0.15) is 0 Å². The molecular weight excluding hydrogens is 240 g/mol. The average Bonchev–Trinajstić information content (AvgIpc) is 2.42. The second-order valence-electron chi connectivity index (χ2n) is 6.73. The van der Waals surface area contributed by atoms with Crippen LogP contribution in [0.4, 0.5) is 0 Å². The van der Waals surface area contributed by atoms with E-state index in [1.807, 2.05) is 0 Å².